The maximum Gasteiger partial charge on any atom is 0.318 e. The van der Waals surface area contributed by atoms with Crippen LogP contribution >= 0.6 is 11.6 Å². The summed E-state index contributed by atoms with van der Waals surface area (Å²) in [5.41, 5.74) is 2.82. The number of fused-ring (bicyclic) bond motifs is 1. The Balaban J connectivity index is 1.61. The number of nitrogens with zero attached hydrogens (tertiary/aromatic N) is 4. The zero-order valence-corrected chi connectivity index (χ0v) is 15.9. The van der Waals surface area contributed by atoms with Crippen LogP contribution in [0, 0.1) is 0 Å². The lowest BCUT2D eigenvalue weighted by Crippen LogP contribution is -2.26. The molecule has 136 valence electrons. The van der Waals surface area contributed by atoms with Crippen LogP contribution < -0.4 is 4.74 Å². The summed E-state index contributed by atoms with van der Waals surface area (Å²) in [6.45, 7) is 4.70. The second kappa shape index (κ2) is 7.00. The standard InChI is InChI=1S/C21H19ClN4O/c1-21(2,15-8-4-3-5-9-15)13-27-20-23-12-16(22)19(25-20)26-14-24-17-10-6-7-11-18(17)26/h3-12,14H,13H2,1-2H3. The normalized spacial score (nSPS) is 11.7. The molecule has 2 aromatic carbocycles. The van der Waals surface area contributed by atoms with Gasteiger partial charge in [-0.1, -0.05) is 67.9 Å². The molecule has 4 rings (SSSR count). The Labute approximate surface area is 162 Å². The lowest BCUT2D eigenvalue weighted by Gasteiger charge is -2.24. The summed E-state index contributed by atoms with van der Waals surface area (Å²) >= 11 is 6.34. The Morgan fingerprint density at radius 2 is 1.74 bits per heavy atom. The predicted molar refractivity (Wildman–Crippen MR) is 107 cm³/mol. The van der Waals surface area contributed by atoms with Crippen molar-refractivity contribution in [1.29, 1.82) is 0 Å². The molecule has 5 nitrogen and oxygen atoms in total. The molecule has 0 saturated carbocycles. The van der Waals surface area contributed by atoms with Crippen molar-refractivity contribution in [3.05, 3.63) is 77.7 Å². The maximum atomic E-state index is 6.34. The molecule has 6 heteroatoms. The Hall–Kier alpha value is -2.92. The number of hydrogen-bond donors (Lipinski definition) is 0. The van der Waals surface area contributed by atoms with E-state index < -0.39 is 0 Å². The van der Waals surface area contributed by atoms with E-state index in [1.807, 2.05) is 47.0 Å². The van der Waals surface area contributed by atoms with Gasteiger partial charge in [-0.25, -0.2) is 9.97 Å². The van der Waals surface area contributed by atoms with Crippen LogP contribution in [0.1, 0.15) is 19.4 Å². The quantitative estimate of drug-likeness (QED) is 0.499. The lowest BCUT2D eigenvalue weighted by atomic mass is 9.86. The van der Waals surface area contributed by atoms with Gasteiger partial charge in [0, 0.05) is 5.41 Å². The lowest BCUT2D eigenvalue weighted by molar-refractivity contribution is 0.223. The largest absolute Gasteiger partial charge is 0.462 e. The fourth-order valence-corrected chi connectivity index (χ4v) is 3.11. The summed E-state index contributed by atoms with van der Waals surface area (Å²) in [7, 11) is 0. The van der Waals surface area contributed by atoms with Gasteiger partial charge in [-0.15, -0.1) is 0 Å². The molecule has 4 aromatic rings. The smallest absolute Gasteiger partial charge is 0.318 e. The second-order valence-corrected chi connectivity index (χ2v) is 7.37. The van der Waals surface area contributed by atoms with Crippen molar-refractivity contribution in [2.24, 2.45) is 0 Å². The topological polar surface area (TPSA) is 52.8 Å². The van der Waals surface area contributed by atoms with E-state index in [0.29, 0.717) is 17.4 Å². The van der Waals surface area contributed by atoms with Gasteiger partial charge >= 0.3 is 6.01 Å². The molecule has 0 N–H and O–H groups in total. The van der Waals surface area contributed by atoms with E-state index >= 15 is 0 Å². The molecule has 0 aliphatic heterocycles. The van der Waals surface area contributed by atoms with Gasteiger partial charge in [0.1, 0.15) is 18.0 Å². The molecule has 0 amide bonds. The third-order valence-electron chi connectivity index (χ3n) is 4.50. The summed E-state index contributed by atoms with van der Waals surface area (Å²) in [4.78, 5) is 13.1. The van der Waals surface area contributed by atoms with Crippen molar-refractivity contribution in [1.82, 2.24) is 19.5 Å². The number of para-hydroxylation sites is 2. The summed E-state index contributed by atoms with van der Waals surface area (Å²) < 4.78 is 7.76. The maximum absolute atomic E-state index is 6.34. The van der Waals surface area contributed by atoms with Gasteiger partial charge in [-0.2, -0.15) is 4.98 Å². The monoisotopic (exact) mass is 378 g/mol. The van der Waals surface area contributed by atoms with E-state index in [2.05, 4.69) is 40.9 Å². The Morgan fingerprint density at radius 3 is 2.56 bits per heavy atom. The van der Waals surface area contributed by atoms with Gasteiger partial charge in [0.2, 0.25) is 0 Å². The molecule has 27 heavy (non-hydrogen) atoms. The van der Waals surface area contributed by atoms with Gasteiger partial charge in [0.15, 0.2) is 5.82 Å². The number of imidazole rings is 1. The number of halogens is 1. The molecule has 0 radical (unpaired) electrons. The number of aromatic nitrogens is 4. The third kappa shape index (κ3) is 3.51. The Kier molecular flexibility index (Phi) is 4.54. The van der Waals surface area contributed by atoms with Crippen molar-refractivity contribution in [2.45, 2.75) is 19.3 Å². The van der Waals surface area contributed by atoms with Crippen LogP contribution in [0.2, 0.25) is 5.02 Å². The SMILES string of the molecule is CC(C)(COc1ncc(Cl)c(-n2cnc3ccccc32)n1)c1ccccc1. The minimum absolute atomic E-state index is 0.174. The van der Waals surface area contributed by atoms with E-state index in [1.165, 1.54) is 5.56 Å². The average Bonchev–Trinajstić information content (AvgIpc) is 3.12. The van der Waals surface area contributed by atoms with Crippen LogP contribution in [0.3, 0.4) is 0 Å². The average molecular weight is 379 g/mol. The molecular formula is C21H19ClN4O. The molecule has 0 bridgehead atoms. The van der Waals surface area contributed by atoms with Crippen LogP contribution in [0.5, 0.6) is 6.01 Å². The zero-order chi connectivity index (χ0) is 18.9. The van der Waals surface area contributed by atoms with E-state index in [1.54, 1.807) is 12.5 Å². The highest BCUT2D eigenvalue weighted by molar-refractivity contribution is 6.32. The van der Waals surface area contributed by atoms with Crippen LogP contribution in [0.25, 0.3) is 16.9 Å². The summed E-state index contributed by atoms with van der Waals surface area (Å²) in [6.07, 6.45) is 3.26. The van der Waals surface area contributed by atoms with Gasteiger partial charge in [-0.3, -0.25) is 4.57 Å². The fraction of sp³-hybridized carbons (Fsp3) is 0.190. The van der Waals surface area contributed by atoms with Crippen LogP contribution in [-0.2, 0) is 5.41 Å². The first-order valence-electron chi connectivity index (χ1n) is 8.68. The Bertz CT molecular complexity index is 1080. The third-order valence-corrected chi connectivity index (χ3v) is 4.77. The number of benzene rings is 2. The molecule has 0 atom stereocenters. The van der Waals surface area contributed by atoms with Gasteiger partial charge in [0.05, 0.1) is 17.2 Å². The number of hydrogen-bond acceptors (Lipinski definition) is 4. The van der Waals surface area contributed by atoms with Crippen molar-refractivity contribution in [3.63, 3.8) is 0 Å². The summed E-state index contributed by atoms with van der Waals surface area (Å²) in [5, 5.41) is 0.438. The van der Waals surface area contributed by atoms with E-state index in [4.69, 9.17) is 16.3 Å². The molecule has 2 heterocycles. The van der Waals surface area contributed by atoms with Crippen molar-refractivity contribution in [2.75, 3.05) is 6.61 Å². The molecule has 2 aromatic heterocycles. The minimum atomic E-state index is -0.174. The van der Waals surface area contributed by atoms with Gasteiger partial charge < -0.3 is 4.74 Å². The van der Waals surface area contributed by atoms with Gasteiger partial charge in [-0.05, 0) is 17.7 Å². The van der Waals surface area contributed by atoms with E-state index in [-0.39, 0.29) is 11.4 Å². The van der Waals surface area contributed by atoms with Crippen LogP contribution in [0.15, 0.2) is 67.1 Å². The van der Waals surface area contributed by atoms with Gasteiger partial charge in [0.25, 0.3) is 0 Å². The molecule has 0 unspecified atom stereocenters. The molecular weight excluding hydrogens is 360 g/mol. The predicted octanol–water partition coefficient (Wildman–Crippen LogP) is 4.83. The van der Waals surface area contributed by atoms with Crippen LogP contribution in [0.4, 0.5) is 0 Å². The molecule has 0 aliphatic rings. The zero-order valence-electron chi connectivity index (χ0n) is 15.1. The summed E-state index contributed by atoms with van der Waals surface area (Å²) in [5.74, 6) is 0.549. The summed E-state index contributed by atoms with van der Waals surface area (Å²) in [6, 6.07) is 18.3. The van der Waals surface area contributed by atoms with E-state index in [0.717, 1.165) is 11.0 Å². The highest BCUT2D eigenvalue weighted by atomic mass is 35.5. The molecule has 0 fully saturated rings. The van der Waals surface area contributed by atoms with Crippen molar-refractivity contribution in [3.8, 4) is 11.8 Å². The fourth-order valence-electron chi connectivity index (χ4n) is 2.93. The molecule has 0 spiro atoms. The highest BCUT2D eigenvalue weighted by Gasteiger charge is 2.22. The first-order chi connectivity index (χ1) is 13.0. The minimum Gasteiger partial charge on any atom is -0.462 e. The van der Waals surface area contributed by atoms with E-state index in [9.17, 15) is 0 Å². The number of ether oxygens (including phenoxy) is 1. The molecule has 0 saturated heterocycles. The highest BCUT2D eigenvalue weighted by Crippen LogP contribution is 2.26. The molecule has 0 aliphatic carbocycles. The number of rotatable bonds is 5. The van der Waals surface area contributed by atoms with Crippen molar-refractivity contribution >= 4 is 22.6 Å². The Morgan fingerprint density at radius 1 is 1.00 bits per heavy atom. The van der Waals surface area contributed by atoms with Crippen molar-refractivity contribution < 1.29 is 4.74 Å². The first kappa shape index (κ1) is 17.5. The second-order valence-electron chi connectivity index (χ2n) is 6.97. The van der Waals surface area contributed by atoms with Crippen LogP contribution in [-0.4, -0.2) is 26.1 Å². The first-order valence-corrected chi connectivity index (χ1v) is 9.06.